The number of thiophene rings is 1. The fourth-order valence-electron chi connectivity index (χ4n) is 2.36. The van der Waals surface area contributed by atoms with Crippen molar-refractivity contribution >= 4 is 28.6 Å². The first-order chi connectivity index (χ1) is 9.20. The van der Waals surface area contributed by atoms with E-state index in [9.17, 15) is 0 Å². The Kier molecular flexibility index (Phi) is 3.78. The number of nitrogen functional groups attached to an aromatic ring is 1. The summed E-state index contributed by atoms with van der Waals surface area (Å²) in [5.74, 6) is 0. The van der Waals surface area contributed by atoms with Crippen LogP contribution in [0, 0.1) is 0 Å². The van der Waals surface area contributed by atoms with Crippen LogP contribution >= 0.6 is 22.9 Å². The highest BCUT2D eigenvalue weighted by molar-refractivity contribution is 7.09. The molecule has 1 heterocycles. The fourth-order valence-corrected chi connectivity index (χ4v) is 3.35. The van der Waals surface area contributed by atoms with Crippen LogP contribution in [0.15, 0.2) is 35.7 Å². The van der Waals surface area contributed by atoms with Gasteiger partial charge in [-0.2, -0.15) is 0 Å². The lowest BCUT2D eigenvalue weighted by atomic mass is 10.2. The summed E-state index contributed by atoms with van der Waals surface area (Å²) in [5.41, 5.74) is 7.81. The van der Waals surface area contributed by atoms with Crippen LogP contribution in [0.3, 0.4) is 0 Å². The lowest BCUT2D eigenvalue weighted by Gasteiger charge is -2.21. The third-order valence-electron chi connectivity index (χ3n) is 3.37. The number of nitrogens with zero attached hydrogens (tertiary/aromatic N) is 1. The van der Waals surface area contributed by atoms with Crippen LogP contribution in [0.1, 0.15) is 23.3 Å². The van der Waals surface area contributed by atoms with E-state index >= 15 is 0 Å². The molecule has 2 aromatic rings. The number of anilines is 1. The van der Waals surface area contributed by atoms with Crippen molar-refractivity contribution in [3.05, 3.63) is 51.2 Å². The van der Waals surface area contributed by atoms with Gasteiger partial charge in [0.15, 0.2) is 0 Å². The van der Waals surface area contributed by atoms with E-state index in [1.165, 1.54) is 23.3 Å². The molecule has 2 nitrogen and oxygen atoms in total. The van der Waals surface area contributed by atoms with Gasteiger partial charge in [0.1, 0.15) is 0 Å². The van der Waals surface area contributed by atoms with E-state index in [1.54, 1.807) is 6.07 Å². The predicted molar refractivity (Wildman–Crippen MR) is 82.5 cm³/mol. The summed E-state index contributed by atoms with van der Waals surface area (Å²) in [6.45, 7) is 1.95. The monoisotopic (exact) mass is 292 g/mol. The molecule has 1 aliphatic carbocycles. The van der Waals surface area contributed by atoms with Crippen molar-refractivity contribution in [3.63, 3.8) is 0 Å². The molecular weight excluding hydrogens is 276 g/mol. The van der Waals surface area contributed by atoms with Gasteiger partial charge in [0.2, 0.25) is 0 Å². The van der Waals surface area contributed by atoms with Gasteiger partial charge >= 0.3 is 0 Å². The minimum absolute atomic E-state index is 0.724. The van der Waals surface area contributed by atoms with Gasteiger partial charge in [0.25, 0.3) is 0 Å². The minimum atomic E-state index is 0.724. The van der Waals surface area contributed by atoms with Gasteiger partial charge in [-0.25, -0.2) is 0 Å². The smallest absolute Gasteiger partial charge is 0.0429 e. The molecule has 0 atom stereocenters. The highest BCUT2D eigenvalue weighted by Crippen LogP contribution is 2.31. The Balaban J connectivity index is 1.74. The van der Waals surface area contributed by atoms with Crippen molar-refractivity contribution in [2.75, 3.05) is 5.73 Å². The topological polar surface area (TPSA) is 29.3 Å². The van der Waals surface area contributed by atoms with Gasteiger partial charge in [-0.3, -0.25) is 4.90 Å². The minimum Gasteiger partial charge on any atom is -0.399 e. The highest BCUT2D eigenvalue weighted by Gasteiger charge is 2.29. The van der Waals surface area contributed by atoms with E-state index in [4.69, 9.17) is 17.3 Å². The highest BCUT2D eigenvalue weighted by atomic mass is 35.5. The van der Waals surface area contributed by atoms with E-state index in [2.05, 4.69) is 22.4 Å². The quantitative estimate of drug-likeness (QED) is 0.839. The molecule has 1 aromatic carbocycles. The summed E-state index contributed by atoms with van der Waals surface area (Å²) < 4.78 is 0. The molecule has 1 aromatic heterocycles. The van der Waals surface area contributed by atoms with E-state index in [-0.39, 0.29) is 0 Å². The van der Waals surface area contributed by atoms with Gasteiger partial charge in [-0.1, -0.05) is 17.7 Å². The Morgan fingerprint density at radius 1 is 1.26 bits per heavy atom. The second kappa shape index (κ2) is 5.53. The van der Waals surface area contributed by atoms with Crippen LogP contribution < -0.4 is 5.73 Å². The van der Waals surface area contributed by atoms with Gasteiger partial charge < -0.3 is 5.73 Å². The summed E-state index contributed by atoms with van der Waals surface area (Å²) in [5, 5.41) is 2.86. The Morgan fingerprint density at radius 2 is 2.11 bits per heavy atom. The van der Waals surface area contributed by atoms with Crippen molar-refractivity contribution in [1.29, 1.82) is 0 Å². The lowest BCUT2D eigenvalue weighted by molar-refractivity contribution is 0.248. The number of hydrogen-bond donors (Lipinski definition) is 1. The Morgan fingerprint density at radius 3 is 2.74 bits per heavy atom. The molecule has 0 unspecified atom stereocenters. The summed E-state index contributed by atoms with van der Waals surface area (Å²) in [7, 11) is 0. The van der Waals surface area contributed by atoms with Crippen LogP contribution in [-0.4, -0.2) is 10.9 Å². The first-order valence-electron chi connectivity index (χ1n) is 6.52. The van der Waals surface area contributed by atoms with Crippen LogP contribution in [0.25, 0.3) is 0 Å². The van der Waals surface area contributed by atoms with Gasteiger partial charge in [-0.05, 0) is 48.1 Å². The third-order valence-corrected chi connectivity index (χ3v) is 4.45. The summed E-state index contributed by atoms with van der Waals surface area (Å²) in [4.78, 5) is 3.94. The SMILES string of the molecule is Nc1cc(Cl)cc(CN(Cc2cccs2)C2CC2)c1. The zero-order chi connectivity index (χ0) is 13.2. The van der Waals surface area contributed by atoms with Crippen molar-refractivity contribution in [3.8, 4) is 0 Å². The zero-order valence-electron chi connectivity index (χ0n) is 10.7. The molecule has 0 saturated heterocycles. The van der Waals surface area contributed by atoms with Gasteiger partial charge in [-0.15, -0.1) is 11.3 Å². The number of halogens is 1. The maximum absolute atomic E-state index is 6.08. The Labute approximate surface area is 122 Å². The van der Waals surface area contributed by atoms with E-state index < -0.39 is 0 Å². The Hall–Kier alpha value is -1.03. The van der Waals surface area contributed by atoms with E-state index in [0.717, 1.165) is 29.8 Å². The number of rotatable bonds is 5. The molecule has 1 saturated carbocycles. The van der Waals surface area contributed by atoms with Crippen molar-refractivity contribution in [2.24, 2.45) is 0 Å². The first kappa shape index (κ1) is 13.0. The maximum Gasteiger partial charge on any atom is 0.0429 e. The van der Waals surface area contributed by atoms with E-state index in [0.29, 0.717) is 0 Å². The molecule has 0 radical (unpaired) electrons. The fraction of sp³-hybridized carbons (Fsp3) is 0.333. The molecule has 1 aliphatic rings. The van der Waals surface area contributed by atoms with Crippen molar-refractivity contribution < 1.29 is 0 Å². The summed E-state index contributed by atoms with van der Waals surface area (Å²) in [6, 6.07) is 10.9. The number of benzene rings is 1. The number of hydrogen-bond acceptors (Lipinski definition) is 3. The summed E-state index contributed by atoms with van der Waals surface area (Å²) in [6.07, 6.45) is 2.61. The standard InChI is InChI=1S/C15H17ClN2S/c16-12-6-11(7-13(17)8-12)9-18(14-3-4-14)10-15-2-1-5-19-15/h1-2,5-8,14H,3-4,9-10,17H2. The maximum atomic E-state index is 6.08. The predicted octanol–water partition coefficient (Wildman–Crippen LogP) is 4.15. The van der Waals surface area contributed by atoms with Gasteiger partial charge in [0.05, 0.1) is 0 Å². The van der Waals surface area contributed by atoms with Crippen LogP contribution in [0.2, 0.25) is 5.02 Å². The molecule has 100 valence electrons. The Bertz CT molecular complexity index is 529. The van der Waals surface area contributed by atoms with E-state index in [1.807, 2.05) is 23.5 Å². The van der Waals surface area contributed by atoms with Gasteiger partial charge in [0, 0.05) is 34.7 Å². The van der Waals surface area contributed by atoms with Crippen molar-refractivity contribution in [1.82, 2.24) is 4.90 Å². The second-order valence-electron chi connectivity index (χ2n) is 5.11. The first-order valence-corrected chi connectivity index (χ1v) is 7.78. The normalized spacial score (nSPS) is 15.1. The summed E-state index contributed by atoms with van der Waals surface area (Å²) >= 11 is 7.90. The molecular formula is C15H17ClN2S. The third kappa shape index (κ3) is 3.50. The molecule has 0 bridgehead atoms. The van der Waals surface area contributed by atoms with Crippen LogP contribution in [0.5, 0.6) is 0 Å². The molecule has 0 spiro atoms. The molecule has 19 heavy (non-hydrogen) atoms. The lowest BCUT2D eigenvalue weighted by Crippen LogP contribution is -2.24. The number of nitrogens with two attached hydrogens (primary N) is 1. The van der Waals surface area contributed by atoms with Crippen molar-refractivity contribution in [2.45, 2.75) is 32.0 Å². The molecule has 2 N–H and O–H groups in total. The molecule has 3 rings (SSSR count). The zero-order valence-corrected chi connectivity index (χ0v) is 12.3. The average molecular weight is 293 g/mol. The molecule has 1 fully saturated rings. The molecule has 0 aliphatic heterocycles. The van der Waals surface area contributed by atoms with Crippen LogP contribution in [0.4, 0.5) is 5.69 Å². The largest absolute Gasteiger partial charge is 0.399 e. The molecule has 0 amide bonds. The molecule has 4 heteroatoms. The second-order valence-corrected chi connectivity index (χ2v) is 6.58. The van der Waals surface area contributed by atoms with Crippen LogP contribution in [-0.2, 0) is 13.1 Å². The average Bonchev–Trinajstić information content (AvgIpc) is 3.06.